The third kappa shape index (κ3) is 4.54. The van der Waals surface area contributed by atoms with Crippen molar-refractivity contribution in [1.29, 1.82) is 5.26 Å². The molecule has 0 saturated heterocycles. The van der Waals surface area contributed by atoms with Gasteiger partial charge in [0.25, 0.3) is 5.91 Å². The van der Waals surface area contributed by atoms with Crippen LogP contribution in [0.15, 0.2) is 78.9 Å². The number of ether oxygens (including phenoxy) is 1. The summed E-state index contributed by atoms with van der Waals surface area (Å²) < 4.78 is 6.75. The molecule has 4 aromatic rings. The number of carbonyl (C=O) groups is 1. The van der Waals surface area contributed by atoms with Crippen molar-refractivity contribution in [1.82, 2.24) is 4.98 Å². The fourth-order valence-corrected chi connectivity index (χ4v) is 3.81. The van der Waals surface area contributed by atoms with Gasteiger partial charge in [-0.05, 0) is 36.4 Å². The van der Waals surface area contributed by atoms with E-state index in [0.29, 0.717) is 27.6 Å². The van der Waals surface area contributed by atoms with Crippen LogP contribution >= 0.6 is 11.3 Å². The number of nitrogens with zero attached hydrogens (tertiary/aromatic N) is 2. The molecule has 6 heteroatoms. The lowest BCUT2D eigenvalue weighted by atomic mass is 10.1. The number of allylic oxidation sites excluding steroid dienone is 1. The fourth-order valence-electron chi connectivity index (χ4n) is 2.88. The van der Waals surface area contributed by atoms with Crippen molar-refractivity contribution in [3.8, 4) is 11.8 Å². The molecule has 0 aliphatic heterocycles. The predicted octanol–water partition coefficient (Wildman–Crippen LogP) is 5.38. The Morgan fingerprint density at radius 1 is 1.03 bits per heavy atom. The van der Waals surface area contributed by atoms with Gasteiger partial charge in [0.15, 0.2) is 6.61 Å². The Morgan fingerprint density at radius 3 is 2.57 bits per heavy atom. The van der Waals surface area contributed by atoms with E-state index in [1.165, 1.54) is 11.3 Å². The van der Waals surface area contributed by atoms with E-state index >= 15 is 0 Å². The summed E-state index contributed by atoms with van der Waals surface area (Å²) in [6.45, 7) is -0.136. The highest BCUT2D eigenvalue weighted by Gasteiger charge is 2.11. The number of carbonyl (C=O) groups excluding carboxylic acids is 1. The van der Waals surface area contributed by atoms with Gasteiger partial charge < -0.3 is 10.1 Å². The van der Waals surface area contributed by atoms with Crippen LogP contribution in [0.5, 0.6) is 5.75 Å². The first-order valence-corrected chi connectivity index (χ1v) is 10.1. The van der Waals surface area contributed by atoms with Gasteiger partial charge in [0.05, 0.1) is 15.8 Å². The summed E-state index contributed by atoms with van der Waals surface area (Å²) in [7, 11) is 0. The third-order valence-electron chi connectivity index (χ3n) is 4.28. The summed E-state index contributed by atoms with van der Waals surface area (Å²) >= 11 is 1.47. The number of hydrogen-bond acceptors (Lipinski definition) is 5. The van der Waals surface area contributed by atoms with Crippen molar-refractivity contribution in [2.45, 2.75) is 0 Å². The van der Waals surface area contributed by atoms with E-state index in [0.717, 1.165) is 10.2 Å². The molecule has 0 spiro atoms. The highest BCUT2D eigenvalue weighted by Crippen LogP contribution is 2.30. The summed E-state index contributed by atoms with van der Waals surface area (Å²) in [5.74, 6) is 0.265. The van der Waals surface area contributed by atoms with Crippen LogP contribution in [-0.2, 0) is 4.79 Å². The number of aromatic nitrogens is 1. The quantitative estimate of drug-likeness (QED) is 0.432. The summed E-state index contributed by atoms with van der Waals surface area (Å²) in [6.07, 6.45) is 1.74. The molecule has 0 saturated carbocycles. The molecule has 0 aliphatic carbocycles. The van der Waals surface area contributed by atoms with Crippen molar-refractivity contribution < 1.29 is 9.53 Å². The minimum Gasteiger partial charge on any atom is -0.483 e. The Bertz CT molecular complexity index is 1220. The lowest BCUT2D eigenvalue weighted by Crippen LogP contribution is -2.20. The van der Waals surface area contributed by atoms with Crippen LogP contribution in [0.2, 0.25) is 0 Å². The third-order valence-corrected chi connectivity index (χ3v) is 5.35. The van der Waals surface area contributed by atoms with Gasteiger partial charge in [-0.15, -0.1) is 11.3 Å². The average Bonchev–Trinajstić information content (AvgIpc) is 3.21. The molecule has 1 heterocycles. The molecule has 0 fully saturated rings. The molecule has 0 unspecified atom stereocenters. The number of para-hydroxylation sites is 3. The summed E-state index contributed by atoms with van der Waals surface area (Å²) in [6, 6.07) is 26.5. The normalized spacial score (nSPS) is 11.1. The number of thiazole rings is 1. The number of hydrogen-bond donors (Lipinski definition) is 1. The lowest BCUT2D eigenvalue weighted by Gasteiger charge is -2.10. The molecule has 3 aromatic carbocycles. The Balaban J connectivity index is 1.53. The van der Waals surface area contributed by atoms with Gasteiger partial charge in [-0.1, -0.05) is 48.5 Å². The van der Waals surface area contributed by atoms with E-state index < -0.39 is 0 Å². The highest BCUT2D eigenvalue weighted by atomic mass is 32.1. The van der Waals surface area contributed by atoms with Crippen molar-refractivity contribution in [3.05, 3.63) is 89.4 Å². The zero-order valence-electron chi connectivity index (χ0n) is 15.9. The highest BCUT2D eigenvalue weighted by molar-refractivity contribution is 7.19. The number of nitrogens with one attached hydrogen (secondary N) is 1. The van der Waals surface area contributed by atoms with E-state index in [1.54, 1.807) is 12.1 Å². The van der Waals surface area contributed by atoms with Crippen LogP contribution in [0.25, 0.3) is 21.9 Å². The molecule has 30 heavy (non-hydrogen) atoms. The van der Waals surface area contributed by atoms with Gasteiger partial charge in [0, 0.05) is 11.3 Å². The van der Waals surface area contributed by atoms with Gasteiger partial charge in [0.1, 0.15) is 16.8 Å². The van der Waals surface area contributed by atoms with Crippen molar-refractivity contribution in [2.75, 3.05) is 11.9 Å². The maximum absolute atomic E-state index is 12.2. The maximum Gasteiger partial charge on any atom is 0.262 e. The van der Waals surface area contributed by atoms with Gasteiger partial charge >= 0.3 is 0 Å². The van der Waals surface area contributed by atoms with E-state index in [-0.39, 0.29) is 12.5 Å². The Hall–Kier alpha value is -3.95. The molecular formula is C24H17N3O2S. The summed E-state index contributed by atoms with van der Waals surface area (Å²) in [5, 5.41) is 13.1. The van der Waals surface area contributed by atoms with Gasteiger partial charge in [-0.2, -0.15) is 5.26 Å². The standard InChI is InChI=1S/C24H17N3O2S/c25-15-18(24-27-20-11-5-7-13-22(20)30-24)14-17-8-4-6-12-21(17)29-16-23(28)26-19-9-2-1-3-10-19/h1-14H,16H2,(H,26,28)/b18-14+. The SMILES string of the molecule is N#C/C(=C\c1ccccc1OCC(=O)Nc1ccccc1)c1nc2ccccc2s1. The number of amides is 1. The molecule has 1 amide bonds. The molecule has 0 aliphatic rings. The lowest BCUT2D eigenvalue weighted by molar-refractivity contribution is -0.118. The van der Waals surface area contributed by atoms with Gasteiger partial charge in [-0.3, -0.25) is 4.79 Å². The van der Waals surface area contributed by atoms with Crippen molar-refractivity contribution in [3.63, 3.8) is 0 Å². The van der Waals surface area contributed by atoms with Crippen molar-refractivity contribution >= 4 is 44.8 Å². The van der Waals surface area contributed by atoms with E-state index in [1.807, 2.05) is 72.8 Å². The summed E-state index contributed by atoms with van der Waals surface area (Å²) in [5.41, 5.74) is 2.73. The number of fused-ring (bicyclic) bond motifs is 1. The first kappa shape index (κ1) is 19.4. The monoisotopic (exact) mass is 411 g/mol. The zero-order chi connectivity index (χ0) is 20.8. The molecule has 0 bridgehead atoms. The predicted molar refractivity (Wildman–Crippen MR) is 120 cm³/mol. The molecule has 1 N–H and O–H groups in total. The van der Waals surface area contributed by atoms with E-state index in [4.69, 9.17) is 4.74 Å². The molecule has 4 rings (SSSR count). The molecule has 1 aromatic heterocycles. The molecule has 5 nitrogen and oxygen atoms in total. The van der Waals surface area contributed by atoms with Crippen LogP contribution in [0.3, 0.4) is 0 Å². The second-order valence-electron chi connectivity index (χ2n) is 6.40. The average molecular weight is 411 g/mol. The maximum atomic E-state index is 12.2. The second-order valence-corrected chi connectivity index (χ2v) is 7.43. The van der Waals surface area contributed by atoms with Crippen LogP contribution in [0.4, 0.5) is 5.69 Å². The first-order chi connectivity index (χ1) is 14.7. The Kier molecular flexibility index (Phi) is 5.83. The zero-order valence-corrected chi connectivity index (χ0v) is 16.7. The van der Waals surface area contributed by atoms with Gasteiger partial charge in [0.2, 0.25) is 0 Å². The fraction of sp³-hybridized carbons (Fsp3) is 0.0417. The topological polar surface area (TPSA) is 75.0 Å². The van der Waals surface area contributed by atoms with Crippen LogP contribution < -0.4 is 10.1 Å². The smallest absolute Gasteiger partial charge is 0.262 e. The molecule has 0 radical (unpaired) electrons. The largest absolute Gasteiger partial charge is 0.483 e. The number of rotatable bonds is 6. The van der Waals surface area contributed by atoms with E-state index in [9.17, 15) is 10.1 Å². The molecule has 0 atom stereocenters. The number of benzene rings is 3. The van der Waals surface area contributed by atoms with Crippen LogP contribution in [0, 0.1) is 11.3 Å². The minimum atomic E-state index is -0.258. The number of nitriles is 1. The molecule has 146 valence electrons. The van der Waals surface area contributed by atoms with Crippen LogP contribution in [-0.4, -0.2) is 17.5 Å². The summed E-state index contributed by atoms with van der Waals surface area (Å²) in [4.78, 5) is 16.7. The molecular weight excluding hydrogens is 394 g/mol. The van der Waals surface area contributed by atoms with Crippen LogP contribution in [0.1, 0.15) is 10.6 Å². The Labute approximate surface area is 177 Å². The number of anilines is 1. The van der Waals surface area contributed by atoms with Gasteiger partial charge in [-0.25, -0.2) is 4.98 Å². The first-order valence-electron chi connectivity index (χ1n) is 9.27. The van der Waals surface area contributed by atoms with E-state index in [2.05, 4.69) is 16.4 Å². The van der Waals surface area contributed by atoms with Crippen molar-refractivity contribution in [2.24, 2.45) is 0 Å². The Morgan fingerprint density at radius 2 is 1.77 bits per heavy atom. The second kappa shape index (κ2) is 9.03. The minimum absolute atomic E-state index is 0.136.